The number of rotatable bonds is 7. The van der Waals surface area contributed by atoms with E-state index in [0.29, 0.717) is 18.7 Å². The molecule has 4 nitrogen and oxygen atoms in total. The zero-order valence-electron chi connectivity index (χ0n) is 9.95. The summed E-state index contributed by atoms with van der Waals surface area (Å²) < 4.78 is 43.7. The lowest BCUT2D eigenvalue weighted by Gasteiger charge is -2.09. The summed E-state index contributed by atoms with van der Waals surface area (Å²) in [6, 6.07) is 3.69. The molecule has 0 heterocycles. The second-order valence-corrected chi connectivity index (χ2v) is 5.92. The Labute approximate surface area is 111 Å². The Morgan fingerprint density at radius 2 is 2.06 bits per heavy atom. The van der Waals surface area contributed by atoms with E-state index in [1.807, 2.05) is 0 Å². The van der Waals surface area contributed by atoms with Crippen molar-refractivity contribution in [2.45, 2.75) is 12.8 Å². The number of nitrogens with one attached hydrogen (secondary N) is 1. The first-order chi connectivity index (χ1) is 8.46. The van der Waals surface area contributed by atoms with Gasteiger partial charge in [0.2, 0.25) is 10.0 Å². The van der Waals surface area contributed by atoms with Gasteiger partial charge in [-0.25, -0.2) is 12.8 Å². The highest BCUT2D eigenvalue weighted by atomic mass is 35.5. The van der Waals surface area contributed by atoms with Crippen molar-refractivity contribution in [3.63, 3.8) is 0 Å². The summed E-state index contributed by atoms with van der Waals surface area (Å²) in [6.45, 7) is 0. The van der Waals surface area contributed by atoms with Gasteiger partial charge in [0.1, 0.15) is 11.6 Å². The van der Waals surface area contributed by atoms with Crippen molar-refractivity contribution in [1.82, 2.24) is 0 Å². The highest BCUT2D eigenvalue weighted by Gasteiger charge is 2.11. The van der Waals surface area contributed by atoms with Crippen LogP contribution < -0.4 is 9.46 Å². The lowest BCUT2D eigenvalue weighted by Crippen LogP contribution is -2.17. The predicted octanol–water partition coefficient (Wildman–Crippen LogP) is 2.60. The molecule has 1 rings (SSSR count). The van der Waals surface area contributed by atoms with Gasteiger partial charge in [0.15, 0.2) is 0 Å². The van der Waals surface area contributed by atoms with Gasteiger partial charge in [-0.1, -0.05) is 0 Å². The molecule has 0 aliphatic carbocycles. The monoisotopic (exact) mass is 295 g/mol. The van der Waals surface area contributed by atoms with E-state index in [1.165, 1.54) is 19.2 Å². The van der Waals surface area contributed by atoms with Gasteiger partial charge in [0.25, 0.3) is 0 Å². The number of hydrogen-bond donors (Lipinski definition) is 1. The van der Waals surface area contributed by atoms with Crippen LogP contribution in [-0.2, 0) is 10.0 Å². The van der Waals surface area contributed by atoms with Gasteiger partial charge < -0.3 is 4.74 Å². The Hall–Kier alpha value is -1.01. The van der Waals surface area contributed by atoms with Gasteiger partial charge in [-0.15, -0.1) is 11.6 Å². The van der Waals surface area contributed by atoms with Crippen LogP contribution in [0.2, 0.25) is 0 Å². The first kappa shape index (κ1) is 15.0. The first-order valence-corrected chi connectivity index (χ1v) is 7.56. The van der Waals surface area contributed by atoms with Crippen LogP contribution in [-0.4, -0.2) is 27.2 Å². The van der Waals surface area contributed by atoms with Gasteiger partial charge in [-0.2, -0.15) is 0 Å². The third kappa shape index (κ3) is 5.10. The summed E-state index contributed by atoms with van der Waals surface area (Å²) in [5.41, 5.74) is 0.151. The summed E-state index contributed by atoms with van der Waals surface area (Å²) in [5.74, 6) is 0.0725. The van der Waals surface area contributed by atoms with E-state index >= 15 is 0 Å². The zero-order chi connectivity index (χ0) is 13.6. The lowest BCUT2D eigenvalue weighted by atomic mass is 10.3. The van der Waals surface area contributed by atoms with Crippen LogP contribution in [0.5, 0.6) is 5.75 Å². The molecular formula is C11H15ClFNO3S. The highest BCUT2D eigenvalue weighted by molar-refractivity contribution is 7.92. The molecule has 0 aliphatic rings. The number of benzene rings is 1. The number of unbranched alkanes of at least 4 members (excludes halogenated alkanes) is 1. The fourth-order valence-corrected chi connectivity index (χ4v) is 2.71. The number of ether oxygens (including phenoxy) is 1. The largest absolute Gasteiger partial charge is 0.497 e. The van der Waals surface area contributed by atoms with E-state index in [-0.39, 0.29) is 17.2 Å². The normalized spacial score (nSPS) is 11.3. The number of halogens is 2. The van der Waals surface area contributed by atoms with Crippen LogP contribution in [0.15, 0.2) is 18.2 Å². The molecule has 7 heteroatoms. The summed E-state index contributed by atoms with van der Waals surface area (Å²) in [5, 5.41) is 0. The number of hydrogen-bond acceptors (Lipinski definition) is 3. The van der Waals surface area contributed by atoms with Crippen LogP contribution in [0.1, 0.15) is 12.8 Å². The van der Waals surface area contributed by atoms with Crippen LogP contribution in [0.25, 0.3) is 0 Å². The van der Waals surface area contributed by atoms with Crippen LogP contribution in [0, 0.1) is 5.82 Å². The van der Waals surface area contributed by atoms with E-state index in [0.717, 1.165) is 6.07 Å². The fraction of sp³-hybridized carbons (Fsp3) is 0.455. The molecule has 102 valence electrons. The van der Waals surface area contributed by atoms with Gasteiger partial charge >= 0.3 is 0 Å². The summed E-state index contributed by atoms with van der Waals surface area (Å²) in [4.78, 5) is 0. The molecule has 0 amide bonds. The maximum atomic E-state index is 13.2. The number of sulfonamides is 1. The van der Waals surface area contributed by atoms with Crippen molar-refractivity contribution >= 4 is 27.3 Å². The van der Waals surface area contributed by atoms with Gasteiger partial charge in [-0.3, -0.25) is 4.72 Å². The molecule has 0 radical (unpaired) electrons. The molecule has 1 N–H and O–H groups in total. The molecule has 1 aromatic carbocycles. The molecule has 0 atom stereocenters. The molecule has 0 spiro atoms. The Morgan fingerprint density at radius 1 is 1.33 bits per heavy atom. The lowest BCUT2D eigenvalue weighted by molar-refractivity contribution is 0.411. The second kappa shape index (κ2) is 6.80. The zero-order valence-corrected chi connectivity index (χ0v) is 11.5. The Morgan fingerprint density at radius 3 is 2.67 bits per heavy atom. The quantitative estimate of drug-likeness (QED) is 0.621. The van der Waals surface area contributed by atoms with Crippen LogP contribution >= 0.6 is 11.6 Å². The summed E-state index contributed by atoms with van der Waals surface area (Å²) in [7, 11) is -2.10. The minimum absolute atomic E-state index is 0.0431. The van der Waals surface area contributed by atoms with Crippen molar-refractivity contribution < 1.29 is 17.5 Å². The first-order valence-electron chi connectivity index (χ1n) is 5.38. The molecule has 0 aliphatic heterocycles. The molecule has 18 heavy (non-hydrogen) atoms. The van der Waals surface area contributed by atoms with Crippen molar-refractivity contribution in [1.29, 1.82) is 0 Å². The second-order valence-electron chi connectivity index (χ2n) is 3.70. The van der Waals surface area contributed by atoms with Crippen molar-refractivity contribution in [3.05, 3.63) is 24.0 Å². The molecule has 1 aromatic rings. The average molecular weight is 296 g/mol. The molecular weight excluding hydrogens is 281 g/mol. The molecule has 0 saturated heterocycles. The maximum Gasteiger partial charge on any atom is 0.232 e. The Bertz CT molecular complexity index is 493. The smallest absolute Gasteiger partial charge is 0.232 e. The fourth-order valence-electron chi connectivity index (χ4n) is 1.36. The van der Waals surface area contributed by atoms with E-state index in [2.05, 4.69) is 4.72 Å². The molecule has 0 bridgehead atoms. The third-order valence-electron chi connectivity index (χ3n) is 2.18. The number of methoxy groups -OCH3 is 1. The summed E-state index contributed by atoms with van der Waals surface area (Å²) in [6.07, 6.45) is 1.08. The third-order valence-corrected chi connectivity index (χ3v) is 3.82. The number of anilines is 1. The van der Waals surface area contributed by atoms with Gasteiger partial charge in [0, 0.05) is 18.0 Å². The van der Waals surface area contributed by atoms with E-state index < -0.39 is 15.8 Å². The molecule has 0 saturated carbocycles. The SMILES string of the molecule is COc1cc(F)cc(NS(=O)(=O)CCCCCl)c1. The maximum absolute atomic E-state index is 13.2. The number of alkyl halides is 1. The van der Waals surface area contributed by atoms with Gasteiger partial charge in [-0.05, 0) is 18.9 Å². The van der Waals surface area contributed by atoms with Crippen molar-refractivity contribution in [3.8, 4) is 5.75 Å². The minimum atomic E-state index is -3.48. The van der Waals surface area contributed by atoms with E-state index in [4.69, 9.17) is 16.3 Å². The standard InChI is InChI=1S/C11H15ClFNO3S/c1-17-11-7-9(13)6-10(8-11)14-18(15,16)5-3-2-4-12/h6-8,14H,2-5H2,1H3. The predicted molar refractivity (Wildman–Crippen MR) is 70.3 cm³/mol. The minimum Gasteiger partial charge on any atom is -0.497 e. The van der Waals surface area contributed by atoms with E-state index in [9.17, 15) is 12.8 Å². The average Bonchev–Trinajstić information content (AvgIpc) is 2.27. The Balaban J connectivity index is 2.74. The van der Waals surface area contributed by atoms with Crippen molar-refractivity contribution in [2.75, 3.05) is 23.5 Å². The molecule has 0 fully saturated rings. The molecule has 0 unspecified atom stereocenters. The van der Waals surface area contributed by atoms with Crippen LogP contribution in [0.3, 0.4) is 0 Å². The Kier molecular flexibility index (Phi) is 5.68. The highest BCUT2D eigenvalue weighted by Crippen LogP contribution is 2.20. The molecule has 0 aromatic heterocycles. The topological polar surface area (TPSA) is 55.4 Å². The van der Waals surface area contributed by atoms with Crippen LogP contribution in [0.4, 0.5) is 10.1 Å². The van der Waals surface area contributed by atoms with E-state index in [1.54, 1.807) is 0 Å². The summed E-state index contributed by atoms with van der Waals surface area (Å²) >= 11 is 5.47. The van der Waals surface area contributed by atoms with Crippen molar-refractivity contribution in [2.24, 2.45) is 0 Å². The van der Waals surface area contributed by atoms with Gasteiger partial charge in [0.05, 0.1) is 18.6 Å².